The van der Waals surface area contributed by atoms with Gasteiger partial charge in [-0.15, -0.1) is 0 Å². The Hall–Kier alpha value is -2.82. The quantitative estimate of drug-likeness (QED) is 0.707. The number of rotatable bonds is 7. The first kappa shape index (κ1) is 19.5. The number of carbonyl (C=O) groups excluding carboxylic acids is 2. The first-order chi connectivity index (χ1) is 12.5. The Kier molecular flexibility index (Phi) is 7.21. The van der Waals surface area contributed by atoms with Gasteiger partial charge >= 0.3 is 6.03 Å². The molecule has 2 aromatic rings. The molecule has 3 N–H and O–H groups in total. The first-order valence-corrected chi connectivity index (χ1v) is 9.00. The Morgan fingerprint density at radius 2 is 1.81 bits per heavy atom. The van der Waals surface area contributed by atoms with Crippen molar-refractivity contribution in [2.75, 3.05) is 11.9 Å². The molecule has 0 aliphatic heterocycles. The molecule has 0 aliphatic rings. The highest BCUT2D eigenvalue weighted by Gasteiger charge is 2.11. The highest BCUT2D eigenvalue weighted by Crippen LogP contribution is 2.16. The van der Waals surface area contributed by atoms with Gasteiger partial charge in [0.1, 0.15) is 0 Å². The van der Waals surface area contributed by atoms with Gasteiger partial charge in [-0.05, 0) is 62.9 Å². The molecule has 26 heavy (non-hydrogen) atoms. The van der Waals surface area contributed by atoms with Crippen molar-refractivity contribution in [1.82, 2.24) is 10.6 Å². The van der Waals surface area contributed by atoms with Crippen LogP contribution in [0.3, 0.4) is 0 Å². The lowest BCUT2D eigenvalue weighted by Gasteiger charge is -2.16. The van der Waals surface area contributed by atoms with Gasteiger partial charge in [0.25, 0.3) is 5.91 Å². The summed E-state index contributed by atoms with van der Waals surface area (Å²) >= 11 is 0. The minimum Gasteiger partial charge on any atom is -0.352 e. The molecule has 5 heteroatoms. The summed E-state index contributed by atoms with van der Waals surface area (Å²) in [6.45, 7) is 6.33. The summed E-state index contributed by atoms with van der Waals surface area (Å²) in [5.74, 6) is -0.110. The Labute approximate surface area is 155 Å². The molecule has 5 nitrogen and oxygen atoms in total. The minimum atomic E-state index is -0.237. The van der Waals surface area contributed by atoms with Crippen LogP contribution in [0, 0.1) is 6.92 Å². The van der Waals surface area contributed by atoms with Crippen molar-refractivity contribution in [2.45, 2.75) is 39.7 Å². The third kappa shape index (κ3) is 5.92. The molecule has 0 saturated carbocycles. The van der Waals surface area contributed by atoms with E-state index in [1.165, 1.54) is 5.56 Å². The van der Waals surface area contributed by atoms with E-state index in [-0.39, 0.29) is 18.0 Å². The van der Waals surface area contributed by atoms with Crippen LogP contribution in [-0.4, -0.2) is 24.5 Å². The molecule has 0 aliphatic carbocycles. The zero-order valence-corrected chi connectivity index (χ0v) is 15.6. The predicted octanol–water partition coefficient (Wildman–Crippen LogP) is 3.89. The van der Waals surface area contributed by atoms with Crippen molar-refractivity contribution in [3.63, 3.8) is 0 Å². The van der Waals surface area contributed by atoms with Crippen LogP contribution in [0.5, 0.6) is 0 Å². The predicted molar refractivity (Wildman–Crippen MR) is 106 cm³/mol. The lowest BCUT2D eigenvalue weighted by atomic mass is 10.1. The second kappa shape index (κ2) is 9.61. The van der Waals surface area contributed by atoms with Crippen LogP contribution in [-0.2, 0) is 6.42 Å². The van der Waals surface area contributed by atoms with Crippen LogP contribution >= 0.6 is 0 Å². The fraction of sp³-hybridized carbons (Fsp3) is 0.333. The van der Waals surface area contributed by atoms with E-state index in [0.29, 0.717) is 17.8 Å². The Morgan fingerprint density at radius 1 is 1.08 bits per heavy atom. The zero-order valence-electron chi connectivity index (χ0n) is 15.6. The second-order valence-electron chi connectivity index (χ2n) is 6.41. The monoisotopic (exact) mass is 353 g/mol. The van der Waals surface area contributed by atoms with Crippen molar-refractivity contribution < 1.29 is 9.59 Å². The number of aryl methyl sites for hydroxylation is 2. The van der Waals surface area contributed by atoms with Crippen LogP contribution < -0.4 is 16.0 Å². The van der Waals surface area contributed by atoms with Crippen LogP contribution in [0.25, 0.3) is 0 Å². The fourth-order valence-electron chi connectivity index (χ4n) is 2.69. The molecule has 3 amide bonds. The summed E-state index contributed by atoms with van der Waals surface area (Å²) in [6.07, 6.45) is 1.79. The molecule has 1 unspecified atom stereocenters. The van der Waals surface area contributed by atoms with Crippen LogP contribution in [0.1, 0.15) is 41.8 Å². The highest BCUT2D eigenvalue weighted by atomic mass is 16.2. The van der Waals surface area contributed by atoms with Gasteiger partial charge in [-0.2, -0.15) is 0 Å². The largest absolute Gasteiger partial charge is 0.352 e. The molecule has 2 aromatic carbocycles. The number of carbonyl (C=O) groups is 2. The summed E-state index contributed by atoms with van der Waals surface area (Å²) in [5.41, 5.74) is 3.40. The topological polar surface area (TPSA) is 70.2 Å². The normalized spacial score (nSPS) is 11.5. The smallest absolute Gasteiger partial charge is 0.319 e. The summed E-state index contributed by atoms with van der Waals surface area (Å²) in [5, 5.41) is 8.57. The van der Waals surface area contributed by atoms with Crippen LogP contribution in [0.15, 0.2) is 48.5 Å². The number of urea groups is 1. The van der Waals surface area contributed by atoms with E-state index in [1.807, 2.05) is 39.0 Å². The molecule has 0 bridgehead atoms. The average molecular weight is 353 g/mol. The third-order valence-electron chi connectivity index (χ3n) is 4.16. The maximum Gasteiger partial charge on any atom is 0.319 e. The van der Waals surface area contributed by atoms with Gasteiger partial charge in [0.15, 0.2) is 0 Å². The molecular formula is C21H27N3O2. The van der Waals surface area contributed by atoms with Crippen molar-refractivity contribution in [3.8, 4) is 0 Å². The molecule has 0 fully saturated rings. The van der Waals surface area contributed by atoms with E-state index in [4.69, 9.17) is 0 Å². The standard InChI is InChI=1S/C21H27N3O2/c1-4-22-20(25)18-12-13-19(15(2)14-18)24-21(26)23-16(3)10-11-17-8-6-5-7-9-17/h5-9,12-14,16H,4,10-11H2,1-3H3,(H,22,25)(H2,23,24,26). The summed E-state index contributed by atoms with van der Waals surface area (Å²) in [6, 6.07) is 15.3. The van der Waals surface area contributed by atoms with Crippen LogP contribution in [0.2, 0.25) is 0 Å². The Bertz CT molecular complexity index is 744. The van der Waals surface area contributed by atoms with E-state index in [0.717, 1.165) is 18.4 Å². The number of nitrogens with one attached hydrogen (secondary N) is 3. The SMILES string of the molecule is CCNC(=O)c1ccc(NC(=O)NC(C)CCc2ccccc2)c(C)c1. The number of anilines is 1. The third-order valence-corrected chi connectivity index (χ3v) is 4.16. The number of hydrogen-bond donors (Lipinski definition) is 3. The zero-order chi connectivity index (χ0) is 18.9. The van der Waals surface area contributed by atoms with E-state index in [1.54, 1.807) is 18.2 Å². The van der Waals surface area contributed by atoms with E-state index < -0.39 is 0 Å². The number of benzene rings is 2. The molecule has 0 saturated heterocycles. The second-order valence-corrected chi connectivity index (χ2v) is 6.41. The van der Waals surface area contributed by atoms with E-state index in [9.17, 15) is 9.59 Å². The Morgan fingerprint density at radius 3 is 2.46 bits per heavy atom. The molecule has 138 valence electrons. The van der Waals surface area contributed by atoms with Gasteiger partial charge in [-0.3, -0.25) is 4.79 Å². The average Bonchev–Trinajstić information content (AvgIpc) is 2.62. The molecule has 0 radical (unpaired) electrons. The molecule has 0 heterocycles. The van der Waals surface area contributed by atoms with Gasteiger partial charge in [0, 0.05) is 23.8 Å². The maximum absolute atomic E-state index is 12.2. The summed E-state index contributed by atoms with van der Waals surface area (Å²) < 4.78 is 0. The van der Waals surface area contributed by atoms with Crippen molar-refractivity contribution >= 4 is 17.6 Å². The first-order valence-electron chi connectivity index (χ1n) is 9.00. The number of hydrogen-bond acceptors (Lipinski definition) is 2. The van der Waals surface area contributed by atoms with Gasteiger partial charge < -0.3 is 16.0 Å². The van der Waals surface area contributed by atoms with Gasteiger partial charge in [-0.1, -0.05) is 30.3 Å². The van der Waals surface area contributed by atoms with E-state index >= 15 is 0 Å². The molecule has 0 spiro atoms. The van der Waals surface area contributed by atoms with Crippen molar-refractivity contribution in [1.29, 1.82) is 0 Å². The lowest BCUT2D eigenvalue weighted by Crippen LogP contribution is -2.36. The molecular weight excluding hydrogens is 326 g/mol. The van der Waals surface area contributed by atoms with Crippen molar-refractivity contribution in [2.24, 2.45) is 0 Å². The van der Waals surface area contributed by atoms with Crippen molar-refractivity contribution in [3.05, 3.63) is 65.2 Å². The molecule has 0 aromatic heterocycles. The minimum absolute atomic E-state index is 0.0603. The fourth-order valence-corrected chi connectivity index (χ4v) is 2.69. The van der Waals surface area contributed by atoms with E-state index in [2.05, 4.69) is 28.1 Å². The highest BCUT2D eigenvalue weighted by molar-refractivity contribution is 5.96. The number of amides is 3. The lowest BCUT2D eigenvalue weighted by molar-refractivity contribution is 0.0955. The maximum atomic E-state index is 12.2. The summed E-state index contributed by atoms with van der Waals surface area (Å²) in [4.78, 5) is 24.1. The Balaban J connectivity index is 1.85. The molecule has 1 atom stereocenters. The summed E-state index contributed by atoms with van der Waals surface area (Å²) in [7, 11) is 0. The van der Waals surface area contributed by atoms with Gasteiger partial charge in [0.2, 0.25) is 0 Å². The van der Waals surface area contributed by atoms with Gasteiger partial charge in [0.05, 0.1) is 0 Å². The molecule has 2 rings (SSSR count). The van der Waals surface area contributed by atoms with Gasteiger partial charge in [-0.25, -0.2) is 4.79 Å². The van der Waals surface area contributed by atoms with Crippen LogP contribution in [0.4, 0.5) is 10.5 Å².